The molecule has 0 saturated heterocycles. The van der Waals surface area contributed by atoms with Crippen molar-refractivity contribution in [2.24, 2.45) is 0 Å². The van der Waals surface area contributed by atoms with Gasteiger partial charge in [0.2, 0.25) is 0 Å². The van der Waals surface area contributed by atoms with Crippen LogP contribution in [0.3, 0.4) is 0 Å². The molecule has 3 heterocycles. The molecule has 122 valence electrons. The Hall–Kier alpha value is -2.28. The van der Waals surface area contributed by atoms with Gasteiger partial charge in [-0.3, -0.25) is 14.9 Å². The second kappa shape index (κ2) is 6.45. The Morgan fingerprint density at radius 1 is 1.52 bits per heavy atom. The lowest BCUT2D eigenvalue weighted by Crippen LogP contribution is -2.29. The molecule has 0 aliphatic carbocycles. The fourth-order valence-corrected chi connectivity index (χ4v) is 2.86. The number of nitrogens with zero attached hydrogens (tertiary/aromatic N) is 2. The summed E-state index contributed by atoms with van der Waals surface area (Å²) in [6.07, 6.45) is 3.71. The van der Waals surface area contributed by atoms with Crippen LogP contribution in [0.2, 0.25) is 0 Å². The highest BCUT2D eigenvalue weighted by Crippen LogP contribution is 2.29. The third-order valence-corrected chi connectivity index (χ3v) is 3.99. The first-order valence-corrected chi connectivity index (χ1v) is 7.65. The molecular weight excluding hydrogens is 299 g/mol. The van der Waals surface area contributed by atoms with E-state index in [0.29, 0.717) is 30.6 Å². The average molecular weight is 318 g/mol. The van der Waals surface area contributed by atoms with E-state index in [4.69, 9.17) is 4.74 Å². The van der Waals surface area contributed by atoms with Gasteiger partial charge in [-0.25, -0.2) is 4.39 Å². The lowest BCUT2D eigenvalue weighted by molar-refractivity contribution is -0.00697. The fraction of sp³-hybridized carbons (Fsp3) is 0.438. The molecule has 0 spiro atoms. The van der Waals surface area contributed by atoms with Crippen LogP contribution in [0.5, 0.6) is 0 Å². The summed E-state index contributed by atoms with van der Waals surface area (Å²) in [4.78, 5) is 16.0. The molecule has 2 aromatic rings. The maximum absolute atomic E-state index is 13.5. The molecule has 1 aliphatic heterocycles. The first kappa shape index (κ1) is 15.6. The molecule has 2 aromatic heterocycles. The van der Waals surface area contributed by atoms with Crippen LogP contribution < -0.4 is 5.32 Å². The topological polar surface area (TPSA) is 79.9 Å². The lowest BCUT2D eigenvalue weighted by atomic mass is 9.99. The molecule has 0 saturated carbocycles. The highest BCUT2D eigenvalue weighted by atomic mass is 19.1. The summed E-state index contributed by atoms with van der Waals surface area (Å²) < 4.78 is 19.2. The Kier molecular flexibility index (Phi) is 4.38. The Labute approximate surface area is 133 Å². The van der Waals surface area contributed by atoms with Gasteiger partial charge in [-0.2, -0.15) is 5.10 Å². The standard InChI is InChI=1S/C16H19FN4O2/c1-9-7-12-14(10(2)23-9)20-21-15(12)16(22)19-6-4-11-3-5-18-8-13(11)17/h3,5,8-10H,4,6-7H2,1-2H3,(H,19,22)(H,20,21)/t9-,10+/m1/s1. The molecule has 0 fully saturated rings. The number of carbonyl (C=O) groups excluding carboxylic acids is 1. The minimum atomic E-state index is -0.362. The molecule has 6 nitrogen and oxygen atoms in total. The SMILES string of the molecule is C[C@@H]1Cc2c(C(=O)NCCc3ccncc3F)n[nH]c2[C@H](C)O1. The Balaban J connectivity index is 1.65. The Bertz CT molecular complexity index is 716. The number of hydrogen-bond donors (Lipinski definition) is 2. The molecule has 1 aliphatic rings. The van der Waals surface area contributed by atoms with E-state index in [1.807, 2.05) is 13.8 Å². The van der Waals surface area contributed by atoms with E-state index in [1.54, 1.807) is 6.07 Å². The number of aromatic nitrogens is 3. The van der Waals surface area contributed by atoms with Gasteiger partial charge in [-0.05, 0) is 31.9 Å². The first-order chi connectivity index (χ1) is 11.1. The van der Waals surface area contributed by atoms with Gasteiger partial charge in [-0.1, -0.05) is 0 Å². The predicted molar refractivity (Wildman–Crippen MR) is 81.5 cm³/mol. The fourth-order valence-electron chi connectivity index (χ4n) is 2.86. The molecule has 7 heteroatoms. The number of fused-ring (bicyclic) bond motifs is 1. The minimum absolute atomic E-state index is 0.0487. The van der Waals surface area contributed by atoms with E-state index >= 15 is 0 Å². The minimum Gasteiger partial charge on any atom is -0.369 e. The van der Waals surface area contributed by atoms with Crippen molar-refractivity contribution in [1.29, 1.82) is 0 Å². The van der Waals surface area contributed by atoms with E-state index in [9.17, 15) is 9.18 Å². The second-order valence-corrected chi connectivity index (χ2v) is 5.73. The van der Waals surface area contributed by atoms with Crippen LogP contribution in [0, 0.1) is 5.82 Å². The van der Waals surface area contributed by atoms with Crippen molar-refractivity contribution >= 4 is 5.91 Å². The lowest BCUT2D eigenvalue weighted by Gasteiger charge is -2.25. The van der Waals surface area contributed by atoms with Gasteiger partial charge in [0.05, 0.1) is 24.1 Å². The van der Waals surface area contributed by atoms with E-state index in [-0.39, 0.29) is 23.9 Å². The summed E-state index contributed by atoms with van der Waals surface area (Å²) in [6, 6.07) is 1.61. The number of amides is 1. The predicted octanol–water partition coefficient (Wildman–Crippen LogP) is 1.94. The molecule has 2 atom stereocenters. The van der Waals surface area contributed by atoms with Crippen LogP contribution in [0.15, 0.2) is 18.5 Å². The zero-order chi connectivity index (χ0) is 16.4. The number of carbonyl (C=O) groups is 1. The van der Waals surface area contributed by atoms with E-state index in [1.165, 1.54) is 12.4 Å². The van der Waals surface area contributed by atoms with Crippen molar-refractivity contribution < 1.29 is 13.9 Å². The van der Waals surface area contributed by atoms with Gasteiger partial charge in [0.1, 0.15) is 5.82 Å². The number of aromatic amines is 1. The molecule has 1 amide bonds. The van der Waals surface area contributed by atoms with Crippen molar-refractivity contribution in [1.82, 2.24) is 20.5 Å². The van der Waals surface area contributed by atoms with Gasteiger partial charge >= 0.3 is 0 Å². The summed E-state index contributed by atoms with van der Waals surface area (Å²) >= 11 is 0. The van der Waals surface area contributed by atoms with E-state index in [0.717, 1.165) is 11.3 Å². The first-order valence-electron chi connectivity index (χ1n) is 7.65. The largest absolute Gasteiger partial charge is 0.369 e. The smallest absolute Gasteiger partial charge is 0.272 e. The number of H-pyrrole nitrogens is 1. The number of rotatable bonds is 4. The van der Waals surface area contributed by atoms with Crippen LogP contribution >= 0.6 is 0 Å². The van der Waals surface area contributed by atoms with Crippen molar-refractivity contribution in [3.05, 3.63) is 46.8 Å². The second-order valence-electron chi connectivity index (χ2n) is 5.73. The molecule has 0 aromatic carbocycles. The van der Waals surface area contributed by atoms with Crippen molar-refractivity contribution in [3.8, 4) is 0 Å². The summed E-state index contributed by atoms with van der Waals surface area (Å²) in [5.41, 5.74) is 2.69. The zero-order valence-electron chi connectivity index (χ0n) is 13.1. The van der Waals surface area contributed by atoms with Gasteiger partial charge in [-0.15, -0.1) is 0 Å². The van der Waals surface area contributed by atoms with Crippen molar-refractivity contribution in [2.75, 3.05) is 6.54 Å². The Morgan fingerprint density at radius 2 is 2.35 bits per heavy atom. The number of pyridine rings is 1. The van der Waals surface area contributed by atoms with Gasteiger partial charge < -0.3 is 10.1 Å². The third-order valence-electron chi connectivity index (χ3n) is 3.99. The molecule has 2 N–H and O–H groups in total. The number of hydrogen-bond acceptors (Lipinski definition) is 4. The van der Waals surface area contributed by atoms with E-state index in [2.05, 4.69) is 20.5 Å². The molecule has 0 unspecified atom stereocenters. The highest BCUT2D eigenvalue weighted by Gasteiger charge is 2.29. The van der Waals surface area contributed by atoms with Crippen molar-refractivity contribution in [3.63, 3.8) is 0 Å². The number of ether oxygens (including phenoxy) is 1. The quantitative estimate of drug-likeness (QED) is 0.903. The third kappa shape index (κ3) is 3.24. The normalized spacial score (nSPS) is 20.1. The van der Waals surface area contributed by atoms with Crippen LogP contribution in [-0.2, 0) is 17.6 Å². The summed E-state index contributed by atoms with van der Waals surface area (Å²) in [5, 5.41) is 9.81. The molecule has 23 heavy (non-hydrogen) atoms. The summed E-state index contributed by atoms with van der Waals surface area (Å²) in [7, 11) is 0. The molecule has 0 radical (unpaired) electrons. The highest BCUT2D eigenvalue weighted by molar-refractivity contribution is 5.94. The van der Waals surface area contributed by atoms with Crippen LogP contribution in [0.25, 0.3) is 0 Å². The molecule has 3 rings (SSSR count). The number of nitrogens with one attached hydrogen (secondary N) is 2. The van der Waals surface area contributed by atoms with Crippen LogP contribution in [-0.4, -0.2) is 33.7 Å². The van der Waals surface area contributed by atoms with Gasteiger partial charge in [0.25, 0.3) is 5.91 Å². The Morgan fingerprint density at radius 3 is 3.13 bits per heavy atom. The van der Waals surface area contributed by atoms with Crippen LogP contribution in [0.1, 0.15) is 47.3 Å². The summed E-state index contributed by atoms with van der Waals surface area (Å²) in [6.45, 7) is 4.24. The summed E-state index contributed by atoms with van der Waals surface area (Å²) in [5.74, 6) is -0.614. The number of halogens is 1. The maximum atomic E-state index is 13.5. The van der Waals surface area contributed by atoms with Gasteiger partial charge in [0, 0.05) is 24.7 Å². The van der Waals surface area contributed by atoms with Gasteiger partial charge in [0.15, 0.2) is 5.69 Å². The van der Waals surface area contributed by atoms with Crippen LogP contribution in [0.4, 0.5) is 4.39 Å². The zero-order valence-corrected chi connectivity index (χ0v) is 13.1. The maximum Gasteiger partial charge on any atom is 0.272 e. The monoisotopic (exact) mass is 318 g/mol. The average Bonchev–Trinajstić information content (AvgIpc) is 2.93. The van der Waals surface area contributed by atoms with Crippen molar-refractivity contribution in [2.45, 2.75) is 38.9 Å². The molecular formula is C16H19FN4O2. The van der Waals surface area contributed by atoms with E-state index < -0.39 is 0 Å². The molecule has 0 bridgehead atoms.